The molecule has 12 heavy (non-hydrogen) atoms. The fourth-order valence-electron chi connectivity index (χ4n) is 1.07. The maximum Gasteiger partial charge on any atom is 0.0867 e. The average molecular weight is 168 g/mol. The number of aliphatic hydroxyl groups excluding tert-OH is 1. The molecular formula is C9H16N2O. The van der Waals surface area contributed by atoms with Crippen LogP contribution in [0.4, 0.5) is 0 Å². The molecule has 1 unspecified atom stereocenters. The molecule has 0 spiro atoms. The van der Waals surface area contributed by atoms with Gasteiger partial charge in [0.05, 0.1) is 6.10 Å². The number of hydrogen-bond acceptors (Lipinski definition) is 2. The molecule has 0 amide bonds. The van der Waals surface area contributed by atoms with Crippen molar-refractivity contribution in [3.63, 3.8) is 0 Å². The molecule has 0 aliphatic carbocycles. The van der Waals surface area contributed by atoms with Gasteiger partial charge in [0.1, 0.15) is 0 Å². The normalized spacial score (nSPS) is 14.7. The molecule has 0 aliphatic heterocycles. The Morgan fingerprint density at radius 3 is 2.75 bits per heavy atom. The van der Waals surface area contributed by atoms with Crippen molar-refractivity contribution in [2.75, 3.05) is 6.54 Å². The van der Waals surface area contributed by atoms with Gasteiger partial charge in [-0.05, 0) is 11.6 Å². The maximum atomic E-state index is 9.84. The first-order valence-corrected chi connectivity index (χ1v) is 4.09. The van der Waals surface area contributed by atoms with Gasteiger partial charge in [0.15, 0.2) is 0 Å². The summed E-state index contributed by atoms with van der Waals surface area (Å²) in [5.74, 6) is 0. The van der Waals surface area contributed by atoms with E-state index in [0.29, 0.717) is 6.54 Å². The third kappa shape index (κ3) is 1.68. The lowest BCUT2D eigenvalue weighted by Gasteiger charge is -2.28. The SMILES string of the molecule is CC(C)(CN)C(O)c1cc[nH]c1. The largest absolute Gasteiger partial charge is 0.388 e. The summed E-state index contributed by atoms with van der Waals surface area (Å²) in [5.41, 5.74) is 6.18. The molecule has 68 valence electrons. The van der Waals surface area contributed by atoms with E-state index in [2.05, 4.69) is 4.98 Å². The molecule has 0 radical (unpaired) electrons. The molecule has 0 aliphatic rings. The van der Waals surface area contributed by atoms with Crippen molar-refractivity contribution in [3.05, 3.63) is 24.0 Å². The quantitative estimate of drug-likeness (QED) is 0.631. The first kappa shape index (κ1) is 9.29. The highest BCUT2D eigenvalue weighted by molar-refractivity contribution is 5.14. The van der Waals surface area contributed by atoms with Gasteiger partial charge in [-0.3, -0.25) is 0 Å². The molecule has 1 rings (SSSR count). The topological polar surface area (TPSA) is 62.0 Å². The Kier molecular flexibility index (Phi) is 2.55. The Labute approximate surface area is 72.6 Å². The summed E-state index contributed by atoms with van der Waals surface area (Å²) < 4.78 is 0. The lowest BCUT2D eigenvalue weighted by Crippen LogP contribution is -2.30. The Balaban J connectivity index is 2.78. The van der Waals surface area contributed by atoms with Gasteiger partial charge in [0, 0.05) is 24.4 Å². The Bertz CT molecular complexity index is 229. The zero-order valence-electron chi connectivity index (χ0n) is 7.54. The van der Waals surface area contributed by atoms with E-state index in [1.165, 1.54) is 0 Å². The van der Waals surface area contributed by atoms with Crippen LogP contribution in [0.1, 0.15) is 25.5 Å². The van der Waals surface area contributed by atoms with Gasteiger partial charge in [-0.15, -0.1) is 0 Å². The molecule has 0 saturated heterocycles. The zero-order chi connectivity index (χ0) is 9.19. The van der Waals surface area contributed by atoms with Gasteiger partial charge in [0.2, 0.25) is 0 Å². The van der Waals surface area contributed by atoms with E-state index in [-0.39, 0.29) is 5.41 Å². The van der Waals surface area contributed by atoms with Gasteiger partial charge in [-0.1, -0.05) is 13.8 Å². The second kappa shape index (κ2) is 3.29. The van der Waals surface area contributed by atoms with Crippen molar-refractivity contribution in [2.24, 2.45) is 11.1 Å². The smallest absolute Gasteiger partial charge is 0.0867 e. The van der Waals surface area contributed by atoms with Crippen LogP contribution in [0, 0.1) is 5.41 Å². The van der Waals surface area contributed by atoms with E-state index in [4.69, 9.17) is 5.73 Å². The second-order valence-corrected chi connectivity index (χ2v) is 3.74. The van der Waals surface area contributed by atoms with Crippen LogP contribution in [0.25, 0.3) is 0 Å². The standard InChI is InChI=1S/C9H16N2O/c1-9(2,6-10)8(12)7-3-4-11-5-7/h3-5,8,11-12H,6,10H2,1-2H3. The Morgan fingerprint density at radius 1 is 1.67 bits per heavy atom. The number of nitrogens with two attached hydrogens (primary N) is 1. The van der Waals surface area contributed by atoms with Crippen molar-refractivity contribution in [2.45, 2.75) is 20.0 Å². The highest BCUT2D eigenvalue weighted by atomic mass is 16.3. The van der Waals surface area contributed by atoms with Crippen LogP contribution in [0.3, 0.4) is 0 Å². The third-order valence-electron chi connectivity index (χ3n) is 2.20. The van der Waals surface area contributed by atoms with Gasteiger partial charge >= 0.3 is 0 Å². The lowest BCUT2D eigenvalue weighted by atomic mass is 9.84. The van der Waals surface area contributed by atoms with E-state index in [1.807, 2.05) is 19.9 Å². The van der Waals surface area contributed by atoms with Crippen LogP contribution in [0.2, 0.25) is 0 Å². The Morgan fingerprint density at radius 2 is 2.33 bits per heavy atom. The fourth-order valence-corrected chi connectivity index (χ4v) is 1.07. The van der Waals surface area contributed by atoms with Crippen LogP contribution in [-0.2, 0) is 0 Å². The number of rotatable bonds is 3. The van der Waals surface area contributed by atoms with Crippen LogP contribution >= 0.6 is 0 Å². The van der Waals surface area contributed by atoms with Gasteiger partial charge < -0.3 is 15.8 Å². The van der Waals surface area contributed by atoms with E-state index in [9.17, 15) is 5.11 Å². The number of aliphatic hydroxyl groups is 1. The maximum absolute atomic E-state index is 9.84. The summed E-state index contributed by atoms with van der Waals surface area (Å²) in [5, 5.41) is 9.84. The summed E-state index contributed by atoms with van der Waals surface area (Å²) in [6.45, 7) is 4.37. The van der Waals surface area contributed by atoms with Crippen molar-refractivity contribution < 1.29 is 5.11 Å². The van der Waals surface area contributed by atoms with Gasteiger partial charge in [-0.25, -0.2) is 0 Å². The molecule has 1 aromatic rings. The lowest BCUT2D eigenvalue weighted by molar-refractivity contribution is 0.0556. The molecule has 1 aromatic heterocycles. The van der Waals surface area contributed by atoms with Crippen LogP contribution in [-0.4, -0.2) is 16.6 Å². The van der Waals surface area contributed by atoms with Gasteiger partial charge in [-0.2, -0.15) is 0 Å². The minimum Gasteiger partial charge on any atom is -0.388 e. The predicted octanol–water partition coefficient (Wildman–Crippen LogP) is 1.03. The molecular weight excluding hydrogens is 152 g/mol. The summed E-state index contributed by atoms with van der Waals surface area (Å²) in [4.78, 5) is 2.91. The highest BCUT2D eigenvalue weighted by Gasteiger charge is 2.27. The number of aromatic amines is 1. The van der Waals surface area contributed by atoms with Crippen LogP contribution in [0.5, 0.6) is 0 Å². The first-order chi connectivity index (χ1) is 5.58. The summed E-state index contributed by atoms with van der Waals surface area (Å²) in [6.07, 6.45) is 3.10. The van der Waals surface area contributed by atoms with E-state index in [0.717, 1.165) is 5.56 Å². The summed E-state index contributed by atoms with van der Waals surface area (Å²) in [6, 6.07) is 1.86. The third-order valence-corrected chi connectivity index (χ3v) is 2.20. The molecule has 0 bridgehead atoms. The summed E-state index contributed by atoms with van der Waals surface area (Å²) in [7, 11) is 0. The van der Waals surface area contributed by atoms with E-state index >= 15 is 0 Å². The first-order valence-electron chi connectivity index (χ1n) is 4.09. The summed E-state index contributed by atoms with van der Waals surface area (Å²) >= 11 is 0. The van der Waals surface area contributed by atoms with Gasteiger partial charge in [0.25, 0.3) is 0 Å². The molecule has 1 atom stereocenters. The number of hydrogen-bond donors (Lipinski definition) is 3. The number of aromatic nitrogens is 1. The second-order valence-electron chi connectivity index (χ2n) is 3.74. The molecule has 1 heterocycles. The predicted molar refractivity (Wildman–Crippen MR) is 48.6 cm³/mol. The van der Waals surface area contributed by atoms with Crippen LogP contribution in [0.15, 0.2) is 18.5 Å². The van der Waals surface area contributed by atoms with Crippen molar-refractivity contribution in [3.8, 4) is 0 Å². The Hall–Kier alpha value is -0.800. The minimum atomic E-state index is -0.492. The zero-order valence-corrected chi connectivity index (χ0v) is 7.54. The molecule has 4 N–H and O–H groups in total. The fraction of sp³-hybridized carbons (Fsp3) is 0.556. The van der Waals surface area contributed by atoms with Crippen molar-refractivity contribution in [1.82, 2.24) is 4.98 Å². The van der Waals surface area contributed by atoms with Crippen LogP contribution < -0.4 is 5.73 Å². The number of H-pyrrole nitrogens is 1. The van der Waals surface area contributed by atoms with Crippen molar-refractivity contribution in [1.29, 1.82) is 0 Å². The average Bonchev–Trinajstić information content (AvgIpc) is 2.55. The molecule has 0 saturated carbocycles. The van der Waals surface area contributed by atoms with Crippen molar-refractivity contribution >= 4 is 0 Å². The molecule has 0 aromatic carbocycles. The van der Waals surface area contributed by atoms with E-state index < -0.39 is 6.10 Å². The highest BCUT2D eigenvalue weighted by Crippen LogP contribution is 2.31. The minimum absolute atomic E-state index is 0.262. The molecule has 0 fully saturated rings. The number of nitrogens with one attached hydrogen (secondary N) is 1. The molecule has 3 heteroatoms. The molecule has 3 nitrogen and oxygen atoms in total. The van der Waals surface area contributed by atoms with E-state index in [1.54, 1.807) is 12.4 Å². The monoisotopic (exact) mass is 168 g/mol.